The van der Waals surface area contributed by atoms with Gasteiger partial charge in [0.15, 0.2) is 81.4 Å². The zero-order valence-electron chi connectivity index (χ0n) is 62.7. The smallest absolute Gasteiger partial charge is 0.162 e. The van der Waals surface area contributed by atoms with E-state index in [1.54, 1.807) is 113 Å². The van der Waals surface area contributed by atoms with Gasteiger partial charge in [0.2, 0.25) is 0 Å². The molecule has 0 saturated heterocycles. The largest absolute Gasteiger partial charge is 0.203 e. The molecule has 0 atom stereocenters. The fourth-order valence-corrected chi connectivity index (χ4v) is 16.7. The predicted octanol–water partition coefficient (Wildman–Crippen LogP) is 29.3. The van der Waals surface area contributed by atoms with E-state index in [-0.39, 0.29) is 29.4 Å². The topological polar surface area (TPSA) is 0 Å². The monoisotopic (exact) mass is 1460 g/mol. The highest BCUT2D eigenvalue weighted by molar-refractivity contribution is 5.33. The quantitative estimate of drug-likeness (QED) is 0.133. The molecule has 104 heavy (non-hydrogen) atoms. The second-order valence-corrected chi connectivity index (χ2v) is 31.9. The molecule has 0 N–H and O–H groups in total. The maximum absolute atomic E-state index is 14.0. The zero-order valence-corrected chi connectivity index (χ0v) is 62.7. The zero-order chi connectivity index (χ0) is 75.4. The minimum atomic E-state index is -0.736. The van der Waals surface area contributed by atoms with E-state index in [4.69, 9.17) is 0 Å². The summed E-state index contributed by atoms with van der Waals surface area (Å²) in [4.78, 5) is 0. The minimum Gasteiger partial charge on any atom is -0.203 e. The third kappa shape index (κ3) is 20.8. The Hall–Kier alpha value is -6.44. The fraction of sp³-hybridized carbons (Fsp3) is 0.533. The van der Waals surface area contributed by atoms with Gasteiger partial charge in [-0.1, -0.05) is 123 Å². The number of hydrogen-bond acceptors (Lipinski definition) is 0. The van der Waals surface area contributed by atoms with Gasteiger partial charge in [0.1, 0.15) is 0 Å². The van der Waals surface area contributed by atoms with Crippen molar-refractivity contribution < 1.29 is 67.2 Å². The highest BCUT2D eigenvalue weighted by Gasteiger charge is 2.38. The van der Waals surface area contributed by atoms with Crippen molar-refractivity contribution in [3.63, 3.8) is 0 Å². The summed E-state index contributed by atoms with van der Waals surface area (Å²) in [5, 5.41) is 0. The van der Waals surface area contributed by atoms with Crippen molar-refractivity contribution in [2.75, 3.05) is 0 Å². The van der Waals surface area contributed by atoms with Crippen LogP contribution >= 0.6 is 0 Å². The lowest BCUT2D eigenvalue weighted by Gasteiger charge is -2.38. The van der Waals surface area contributed by atoms with Crippen LogP contribution in [0, 0.1) is 198 Å². The third-order valence-electron chi connectivity index (χ3n) is 24.7. The minimum absolute atomic E-state index is 0. The van der Waals surface area contributed by atoms with Gasteiger partial charge in [-0.3, -0.25) is 0 Å². The molecule has 0 unspecified atom stereocenters. The molecule has 0 spiro atoms. The molecular formula is C90H116F14. The summed E-state index contributed by atoms with van der Waals surface area (Å²) >= 11 is 0. The highest BCUT2D eigenvalue weighted by atomic mass is 19.2. The summed E-state index contributed by atoms with van der Waals surface area (Å²) in [6, 6.07) is 23.4. The SMILES string of the molecule is Cc1ccc(C)c(F)c1F.Cc1ccc(C)c(F)c1F.Cc1ccc(C)c(F)c1F.Cc1ccc(C2CCC(C3CC3)CC2)c(F)c1F.Cc1ccc(C2CCC(C3CC3)CC2)c(F)c1F.Cc1ccc(C2CCC(C3CCC3)CC2)c(F)c1F.Cc1ccc(C2CCC(C3CCC3)CC2)c(F)c1F.[HH].[HH].[HH].[HH]. The van der Waals surface area contributed by atoms with Crippen molar-refractivity contribution in [3.05, 3.63) is 244 Å². The summed E-state index contributed by atoms with van der Waals surface area (Å²) in [6.07, 6.45) is 31.7. The van der Waals surface area contributed by atoms with E-state index in [0.29, 0.717) is 77.9 Å². The molecule has 15 rings (SSSR count). The van der Waals surface area contributed by atoms with Crippen molar-refractivity contribution in [1.82, 2.24) is 0 Å². The van der Waals surface area contributed by atoms with E-state index in [1.807, 2.05) is 0 Å². The average Bonchev–Trinajstić information content (AvgIpc) is 1.36. The Morgan fingerprint density at radius 3 is 0.404 bits per heavy atom. The lowest BCUT2D eigenvalue weighted by Crippen LogP contribution is -2.26. The van der Waals surface area contributed by atoms with Crippen molar-refractivity contribution in [1.29, 1.82) is 0 Å². The molecule has 8 aliphatic carbocycles. The van der Waals surface area contributed by atoms with Crippen molar-refractivity contribution >= 4 is 0 Å². The van der Waals surface area contributed by atoms with Crippen LogP contribution in [0.1, 0.15) is 274 Å². The fourth-order valence-electron chi connectivity index (χ4n) is 16.7. The summed E-state index contributed by atoms with van der Waals surface area (Å²) in [5.74, 6) is -1.36. The molecule has 7 aromatic rings. The first kappa shape index (κ1) is 81.6. The molecule has 8 fully saturated rings. The molecule has 14 heteroatoms. The molecule has 7 aromatic carbocycles. The van der Waals surface area contributed by atoms with Crippen LogP contribution in [0.15, 0.2) is 84.9 Å². The van der Waals surface area contributed by atoms with E-state index in [2.05, 4.69) is 0 Å². The van der Waals surface area contributed by atoms with Crippen LogP contribution in [0.5, 0.6) is 0 Å². The van der Waals surface area contributed by atoms with Crippen LogP contribution in [0.3, 0.4) is 0 Å². The Labute approximate surface area is 616 Å². The average molecular weight is 1460 g/mol. The Kier molecular flexibility index (Phi) is 29.4. The van der Waals surface area contributed by atoms with Gasteiger partial charge in [-0.25, -0.2) is 61.5 Å². The van der Waals surface area contributed by atoms with Crippen LogP contribution in [-0.4, -0.2) is 0 Å². The van der Waals surface area contributed by atoms with Crippen molar-refractivity contribution in [2.24, 2.45) is 47.3 Å². The van der Waals surface area contributed by atoms with Gasteiger partial charge in [-0.15, -0.1) is 0 Å². The molecule has 0 aromatic heterocycles. The van der Waals surface area contributed by atoms with Crippen LogP contribution in [0.25, 0.3) is 0 Å². The Balaban J connectivity index is 0.000000228. The molecule has 0 amide bonds. The summed E-state index contributed by atoms with van der Waals surface area (Å²) < 4.78 is 186. The summed E-state index contributed by atoms with van der Waals surface area (Å²) in [6.45, 7) is 15.7. The number of halogens is 14. The standard InChI is InChI=1S/2C17H22F2.2C16H20F2.3C8H8F2.4H2/c2*1-11-5-10-15(17(19)16(11)18)14-8-6-13(7-9-14)12-3-2-4-12;2*1-10-2-9-14(16(18)15(10)17)13-7-5-12(6-8-13)11-3-4-11;3*1-5-3-4-6(2)8(10)7(5)9;;;;/h2*5,10,12-14H,2-4,6-9H2,1H3;2*2,9,11-13H,3-8H2,1H3;3*3-4H,1-2H3;4*1H. The van der Waals surface area contributed by atoms with Gasteiger partial charge in [0.25, 0.3) is 0 Å². The first-order chi connectivity index (χ1) is 49.5. The molecular weight excluding hydrogens is 1350 g/mol. The number of rotatable bonds is 8. The molecule has 0 nitrogen and oxygen atoms in total. The highest BCUT2D eigenvalue weighted by Crippen LogP contribution is 2.51. The molecule has 0 radical (unpaired) electrons. The lowest BCUT2D eigenvalue weighted by molar-refractivity contribution is 0.153. The van der Waals surface area contributed by atoms with Gasteiger partial charge in [-0.05, 0) is 347 Å². The maximum Gasteiger partial charge on any atom is 0.162 e. The summed E-state index contributed by atoms with van der Waals surface area (Å²) in [7, 11) is 0. The van der Waals surface area contributed by atoms with E-state index in [9.17, 15) is 61.5 Å². The van der Waals surface area contributed by atoms with Crippen LogP contribution in [0.2, 0.25) is 0 Å². The second kappa shape index (κ2) is 37.4. The van der Waals surface area contributed by atoms with Gasteiger partial charge in [0.05, 0.1) is 0 Å². The number of benzene rings is 7. The van der Waals surface area contributed by atoms with Crippen LogP contribution in [0.4, 0.5) is 61.5 Å². The Bertz CT molecular complexity index is 3610. The molecule has 8 saturated carbocycles. The van der Waals surface area contributed by atoms with Gasteiger partial charge < -0.3 is 0 Å². The van der Waals surface area contributed by atoms with E-state index in [1.165, 1.54) is 157 Å². The van der Waals surface area contributed by atoms with Gasteiger partial charge in [0, 0.05) is 5.71 Å². The van der Waals surface area contributed by atoms with E-state index < -0.39 is 81.4 Å². The molecule has 574 valence electrons. The first-order valence-electron chi connectivity index (χ1n) is 38.6. The van der Waals surface area contributed by atoms with Gasteiger partial charge >= 0.3 is 0 Å². The Morgan fingerprint density at radius 1 is 0.163 bits per heavy atom. The van der Waals surface area contributed by atoms with Crippen molar-refractivity contribution in [2.45, 2.75) is 260 Å². The molecule has 0 aliphatic heterocycles. The number of aryl methyl sites for hydroxylation is 10. The molecule has 0 heterocycles. The predicted molar refractivity (Wildman–Crippen MR) is 399 cm³/mol. The van der Waals surface area contributed by atoms with Crippen molar-refractivity contribution in [3.8, 4) is 0 Å². The lowest BCUT2D eigenvalue weighted by atomic mass is 9.67. The van der Waals surface area contributed by atoms with E-state index >= 15 is 0 Å². The number of hydrogen-bond donors (Lipinski definition) is 0. The maximum atomic E-state index is 14.0. The Morgan fingerprint density at radius 2 is 0.279 bits per heavy atom. The van der Waals surface area contributed by atoms with Crippen LogP contribution in [-0.2, 0) is 0 Å². The normalized spacial score (nSPS) is 23.0. The summed E-state index contributed by atoms with van der Waals surface area (Å²) in [5.41, 5.74) is 6.15. The van der Waals surface area contributed by atoms with Gasteiger partial charge in [-0.2, -0.15) is 0 Å². The van der Waals surface area contributed by atoms with Crippen LogP contribution < -0.4 is 0 Å². The molecule has 0 bridgehead atoms. The van der Waals surface area contributed by atoms with E-state index in [0.717, 1.165) is 98.7 Å². The molecule has 8 aliphatic rings. The third-order valence-corrected chi connectivity index (χ3v) is 24.7. The first-order valence-corrected chi connectivity index (χ1v) is 38.6. The second-order valence-electron chi connectivity index (χ2n) is 31.9.